The molecule has 0 aliphatic rings. The van der Waals surface area contributed by atoms with E-state index >= 15 is 0 Å². The van der Waals surface area contributed by atoms with Crippen molar-refractivity contribution in [2.45, 2.75) is 46.2 Å². The number of aromatic nitrogens is 9. The summed E-state index contributed by atoms with van der Waals surface area (Å²) in [7, 11) is 0. The number of aromatic amines is 1. The van der Waals surface area contributed by atoms with Crippen LogP contribution in [0.25, 0.3) is 28.3 Å². The standard InChI is InChI=1S/C25H26ClN9O/c1-3-5-6-20-16-34(24-22(26)14-28-35(24)4-2)25(36)33(20)15-19-13-27-12-11-21(19)17-7-9-18(10-8-17)23-29-31-32-30-23/h7-14,16H,3-6,15H2,1-2H3,(H,29,30,31,32). The fraction of sp³-hybridized carbons (Fsp3) is 0.280. The summed E-state index contributed by atoms with van der Waals surface area (Å²) >= 11 is 6.43. The van der Waals surface area contributed by atoms with Crippen molar-refractivity contribution in [1.29, 1.82) is 0 Å². The molecule has 5 aromatic rings. The molecule has 184 valence electrons. The zero-order valence-corrected chi connectivity index (χ0v) is 20.9. The number of halogens is 1. The molecule has 0 bridgehead atoms. The van der Waals surface area contributed by atoms with Gasteiger partial charge < -0.3 is 0 Å². The lowest BCUT2D eigenvalue weighted by Crippen LogP contribution is -2.26. The first kappa shape index (κ1) is 23.7. The fourth-order valence-corrected chi connectivity index (χ4v) is 4.55. The van der Waals surface area contributed by atoms with Crippen LogP contribution in [0.1, 0.15) is 37.9 Å². The van der Waals surface area contributed by atoms with Gasteiger partial charge in [-0.25, -0.2) is 9.48 Å². The van der Waals surface area contributed by atoms with Crippen molar-refractivity contribution in [3.8, 4) is 28.3 Å². The third-order valence-electron chi connectivity index (χ3n) is 6.18. The molecule has 4 heterocycles. The number of H-pyrrole nitrogens is 1. The summed E-state index contributed by atoms with van der Waals surface area (Å²) in [6.07, 6.45) is 9.83. The maximum absolute atomic E-state index is 13.7. The Morgan fingerprint density at radius 3 is 2.58 bits per heavy atom. The van der Waals surface area contributed by atoms with Gasteiger partial charge in [-0.05, 0) is 47.7 Å². The number of benzene rings is 1. The first-order chi connectivity index (χ1) is 17.6. The lowest BCUT2D eigenvalue weighted by molar-refractivity contribution is 0.625. The van der Waals surface area contributed by atoms with Crippen molar-refractivity contribution in [2.24, 2.45) is 0 Å². The molecular formula is C25H26ClN9O. The third-order valence-corrected chi connectivity index (χ3v) is 6.44. The molecule has 0 saturated heterocycles. The quantitative estimate of drug-likeness (QED) is 0.323. The van der Waals surface area contributed by atoms with Crippen molar-refractivity contribution in [3.63, 3.8) is 0 Å². The average Bonchev–Trinajstić information content (AvgIpc) is 3.64. The highest BCUT2D eigenvalue weighted by molar-refractivity contribution is 6.32. The van der Waals surface area contributed by atoms with Gasteiger partial charge in [-0.2, -0.15) is 10.3 Å². The number of imidazole rings is 1. The highest BCUT2D eigenvalue weighted by Crippen LogP contribution is 2.27. The molecule has 1 N–H and O–H groups in total. The lowest BCUT2D eigenvalue weighted by atomic mass is 10.00. The van der Waals surface area contributed by atoms with E-state index in [1.165, 1.54) is 0 Å². The van der Waals surface area contributed by atoms with Crippen LogP contribution in [0, 0.1) is 0 Å². The van der Waals surface area contributed by atoms with E-state index in [1.807, 2.05) is 54.2 Å². The molecule has 0 amide bonds. The molecule has 0 aliphatic heterocycles. The van der Waals surface area contributed by atoms with Crippen molar-refractivity contribution in [1.82, 2.24) is 44.5 Å². The number of hydrogen-bond donors (Lipinski definition) is 1. The minimum absolute atomic E-state index is 0.152. The Labute approximate surface area is 212 Å². The predicted molar refractivity (Wildman–Crippen MR) is 137 cm³/mol. The molecule has 1 aromatic carbocycles. The molecule has 0 unspecified atom stereocenters. The van der Waals surface area contributed by atoms with E-state index in [9.17, 15) is 4.79 Å². The fourth-order valence-electron chi connectivity index (χ4n) is 4.32. The lowest BCUT2D eigenvalue weighted by Gasteiger charge is -2.12. The molecule has 0 fully saturated rings. The SMILES string of the molecule is CCCCc1cn(-c2c(Cl)cnn2CC)c(=O)n1Cc1cnccc1-c1ccc(-c2nn[nH]n2)cc1. The maximum Gasteiger partial charge on any atom is 0.334 e. The summed E-state index contributed by atoms with van der Waals surface area (Å²) in [4.78, 5) is 18.0. The minimum atomic E-state index is -0.152. The van der Waals surface area contributed by atoms with Gasteiger partial charge in [0.2, 0.25) is 5.82 Å². The first-order valence-electron chi connectivity index (χ1n) is 11.9. The van der Waals surface area contributed by atoms with Gasteiger partial charge in [-0.15, -0.1) is 10.2 Å². The van der Waals surface area contributed by atoms with E-state index in [0.717, 1.165) is 47.2 Å². The average molecular weight is 504 g/mol. The van der Waals surface area contributed by atoms with E-state index in [2.05, 4.69) is 37.6 Å². The second-order valence-corrected chi connectivity index (χ2v) is 8.85. The highest BCUT2D eigenvalue weighted by atomic mass is 35.5. The minimum Gasteiger partial charge on any atom is -0.291 e. The van der Waals surface area contributed by atoms with Crippen molar-refractivity contribution in [2.75, 3.05) is 0 Å². The molecule has 0 radical (unpaired) electrons. The second-order valence-electron chi connectivity index (χ2n) is 8.44. The van der Waals surface area contributed by atoms with Gasteiger partial charge in [0.25, 0.3) is 0 Å². The highest BCUT2D eigenvalue weighted by Gasteiger charge is 2.19. The van der Waals surface area contributed by atoms with Gasteiger partial charge in [0.15, 0.2) is 5.82 Å². The largest absolute Gasteiger partial charge is 0.334 e. The van der Waals surface area contributed by atoms with Crippen molar-refractivity contribution >= 4 is 11.6 Å². The van der Waals surface area contributed by atoms with Crippen molar-refractivity contribution in [3.05, 3.63) is 81.9 Å². The topological polar surface area (TPSA) is 112 Å². The third kappa shape index (κ3) is 4.47. The number of rotatable bonds is 9. The summed E-state index contributed by atoms with van der Waals surface area (Å²) in [5, 5.41) is 18.9. The van der Waals surface area contributed by atoms with Gasteiger partial charge in [0.1, 0.15) is 5.02 Å². The number of tetrazole rings is 1. The van der Waals surface area contributed by atoms with Crippen molar-refractivity contribution < 1.29 is 0 Å². The zero-order valence-electron chi connectivity index (χ0n) is 20.1. The molecule has 0 atom stereocenters. The van der Waals surface area contributed by atoms with E-state index < -0.39 is 0 Å². The Morgan fingerprint density at radius 1 is 1.06 bits per heavy atom. The van der Waals surface area contributed by atoms with Crippen LogP contribution in [0.15, 0.2) is 59.9 Å². The molecule has 11 heteroatoms. The normalized spacial score (nSPS) is 11.3. The van der Waals surface area contributed by atoms with Gasteiger partial charge >= 0.3 is 5.69 Å². The Morgan fingerprint density at radius 2 is 1.86 bits per heavy atom. The molecular weight excluding hydrogens is 478 g/mol. The number of aryl methyl sites for hydroxylation is 2. The molecule has 36 heavy (non-hydrogen) atoms. The summed E-state index contributed by atoms with van der Waals surface area (Å²) < 4.78 is 5.16. The monoisotopic (exact) mass is 503 g/mol. The molecule has 0 spiro atoms. The first-order valence-corrected chi connectivity index (χ1v) is 12.3. The second kappa shape index (κ2) is 10.3. The number of nitrogens with zero attached hydrogens (tertiary/aromatic N) is 8. The van der Waals surface area contributed by atoms with Crippen LogP contribution in [-0.2, 0) is 19.5 Å². The Kier molecular flexibility index (Phi) is 6.77. The Bertz CT molecular complexity index is 1510. The number of nitrogens with one attached hydrogen (secondary N) is 1. The summed E-state index contributed by atoms with van der Waals surface area (Å²) in [6.45, 7) is 5.10. The maximum atomic E-state index is 13.7. The van der Waals surface area contributed by atoms with E-state index in [1.54, 1.807) is 21.6 Å². The summed E-state index contributed by atoms with van der Waals surface area (Å²) in [5.41, 5.74) is 4.61. The zero-order chi connectivity index (χ0) is 25.1. The summed E-state index contributed by atoms with van der Waals surface area (Å²) in [5.74, 6) is 1.12. The Hall–Kier alpha value is -4.05. The summed E-state index contributed by atoms with van der Waals surface area (Å²) in [6, 6.07) is 9.89. The van der Waals surface area contributed by atoms with Crippen LogP contribution in [0.5, 0.6) is 0 Å². The van der Waals surface area contributed by atoms with Gasteiger partial charge in [0.05, 0.1) is 12.7 Å². The van der Waals surface area contributed by atoms with Crippen LogP contribution in [0.2, 0.25) is 5.02 Å². The number of unbranched alkanes of at least 4 members (excludes halogenated alkanes) is 1. The van der Waals surface area contributed by atoms with Crippen LogP contribution in [0.4, 0.5) is 0 Å². The van der Waals surface area contributed by atoms with E-state index in [4.69, 9.17) is 11.6 Å². The van der Waals surface area contributed by atoms with E-state index in [-0.39, 0.29) is 5.69 Å². The smallest absolute Gasteiger partial charge is 0.291 e. The van der Waals surface area contributed by atoms with E-state index in [0.29, 0.717) is 29.8 Å². The molecule has 4 aromatic heterocycles. The predicted octanol–water partition coefficient (Wildman–Crippen LogP) is 4.14. The molecule has 10 nitrogen and oxygen atoms in total. The number of pyridine rings is 1. The van der Waals surface area contributed by atoms with Gasteiger partial charge in [-0.3, -0.25) is 14.1 Å². The number of hydrogen-bond acceptors (Lipinski definition) is 6. The van der Waals surface area contributed by atoms with Gasteiger partial charge in [-0.1, -0.05) is 49.2 Å². The van der Waals surface area contributed by atoms with Crippen LogP contribution in [-0.4, -0.2) is 44.5 Å². The molecule has 0 saturated carbocycles. The van der Waals surface area contributed by atoms with Crippen LogP contribution >= 0.6 is 11.6 Å². The Balaban J connectivity index is 1.54. The molecule has 0 aliphatic carbocycles. The van der Waals surface area contributed by atoms with Crippen LogP contribution < -0.4 is 5.69 Å². The van der Waals surface area contributed by atoms with Crippen LogP contribution in [0.3, 0.4) is 0 Å². The van der Waals surface area contributed by atoms with Gasteiger partial charge in [0, 0.05) is 36.4 Å². The molecule has 5 rings (SSSR count).